The van der Waals surface area contributed by atoms with Gasteiger partial charge in [-0.15, -0.1) is 0 Å². The molecule has 0 aliphatic heterocycles. The Kier molecular flexibility index (Phi) is 2.91. The molecule has 0 radical (unpaired) electrons. The van der Waals surface area contributed by atoms with Crippen LogP contribution in [0.4, 0.5) is 0 Å². The Morgan fingerprint density at radius 3 is 2.63 bits per heavy atom. The minimum absolute atomic E-state index is 0.0115. The Labute approximate surface area is 110 Å². The number of aryl methyl sites for hydroxylation is 1. The monoisotopic (exact) mass is 253 g/mol. The highest BCUT2D eigenvalue weighted by molar-refractivity contribution is 5.78. The summed E-state index contributed by atoms with van der Waals surface area (Å²) < 4.78 is 3.36. The van der Waals surface area contributed by atoms with Crippen LogP contribution in [-0.4, -0.2) is 14.1 Å². The van der Waals surface area contributed by atoms with Crippen LogP contribution in [0.3, 0.4) is 0 Å². The molecule has 4 nitrogen and oxygen atoms in total. The van der Waals surface area contributed by atoms with Gasteiger partial charge in [-0.1, -0.05) is 24.3 Å². The van der Waals surface area contributed by atoms with Gasteiger partial charge in [0.05, 0.1) is 17.8 Å². The molecule has 3 aromatic rings. The highest BCUT2D eigenvalue weighted by Crippen LogP contribution is 2.12. The van der Waals surface area contributed by atoms with Crippen molar-refractivity contribution in [2.75, 3.05) is 0 Å². The summed E-state index contributed by atoms with van der Waals surface area (Å²) in [5.74, 6) is 0. The molecule has 0 aliphatic carbocycles. The zero-order chi connectivity index (χ0) is 13.2. The van der Waals surface area contributed by atoms with Crippen LogP contribution >= 0.6 is 0 Å². The predicted molar refractivity (Wildman–Crippen MR) is 75.2 cm³/mol. The lowest BCUT2D eigenvalue weighted by Crippen LogP contribution is -2.24. The largest absolute Gasteiger partial charge is 0.328 e. The number of aromatic nitrogens is 3. The van der Waals surface area contributed by atoms with E-state index >= 15 is 0 Å². The summed E-state index contributed by atoms with van der Waals surface area (Å²) in [4.78, 5) is 16.5. The Morgan fingerprint density at radius 2 is 1.84 bits per heavy atom. The van der Waals surface area contributed by atoms with Crippen molar-refractivity contribution in [2.45, 2.75) is 20.0 Å². The molecule has 19 heavy (non-hydrogen) atoms. The molecule has 0 fully saturated rings. The number of pyridine rings is 1. The van der Waals surface area contributed by atoms with Gasteiger partial charge >= 0.3 is 5.69 Å². The van der Waals surface area contributed by atoms with Crippen molar-refractivity contribution >= 4 is 10.9 Å². The lowest BCUT2D eigenvalue weighted by molar-refractivity contribution is 0.663. The molecular weight excluding hydrogens is 238 g/mol. The van der Waals surface area contributed by atoms with Crippen molar-refractivity contribution in [3.05, 3.63) is 65.0 Å². The van der Waals surface area contributed by atoms with Crippen LogP contribution in [-0.2, 0) is 13.1 Å². The molecule has 0 saturated carbocycles. The first-order valence-corrected chi connectivity index (χ1v) is 6.38. The van der Waals surface area contributed by atoms with E-state index in [1.165, 1.54) is 0 Å². The van der Waals surface area contributed by atoms with Crippen LogP contribution in [0.5, 0.6) is 0 Å². The molecule has 96 valence electrons. The van der Waals surface area contributed by atoms with Crippen molar-refractivity contribution in [1.29, 1.82) is 0 Å². The molecule has 4 heteroatoms. The highest BCUT2D eigenvalue weighted by Gasteiger charge is 2.04. The summed E-state index contributed by atoms with van der Waals surface area (Å²) in [6.07, 6.45) is 3.62. The Balaban J connectivity index is 1.96. The molecule has 0 bridgehead atoms. The fourth-order valence-electron chi connectivity index (χ4n) is 2.19. The van der Waals surface area contributed by atoms with Crippen molar-refractivity contribution in [3.8, 4) is 0 Å². The van der Waals surface area contributed by atoms with Gasteiger partial charge < -0.3 is 0 Å². The Hall–Kier alpha value is -2.36. The van der Waals surface area contributed by atoms with E-state index in [9.17, 15) is 4.79 Å². The van der Waals surface area contributed by atoms with E-state index in [1.54, 1.807) is 9.13 Å². The summed E-state index contributed by atoms with van der Waals surface area (Å²) in [6.45, 7) is 3.16. The van der Waals surface area contributed by atoms with Gasteiger partial charge in [-0.3, -0.25) is 14.1 Å². The van der Waals surface area contributed by atoms with Gasteiger partial charge in [-0.2, -0.15) is 0 Å². The number of nitrogens with zero attached hydrogens (tertiary/aromatic N) is 3. The van der Waals surface area contributed by atoms with Crippen LogP contribution in [0.25, 0.3) is 10.9 Å². The first-order chi connectivity index (χ1) is 9.28. The zero-order valence-corrected chi connectivity index (χ0v) is 10.8. The third-order valence-corrected chi connectivity index (χ3v) is 3.25. The molecule has 2 heterocycles. The van der Waals surface area contributed by atoms with E-state index in [4.69, 9.17) is 0 Å². The standard InChI is InChI=1S/C15H15N3O/c1-2-17-9-10-18(15(17)19)11-13-8-7-12-5-3-4-6-14(12)16-13/h3-10H,2,11H2,1H3. The second-order valence-corrected chi connectivity index (χ2v) is 4.49. The maximum atomic E-state index is 12.0. The van der Waals surface area contributed by atoms with Crippen molar-refractivity contribution < 1.29 is 0 Å². The van der Waals surface area contributed by atoms with Gasteiger partial charge in [-0.25, -0.2) is 4.79 Å². The Bertz CT molecular complexity index is 770. The number of rotatable bonds is 3. The summed E-state index contributed by atoms with van der Waals surface area (Å²) in [5.41, 5.74) is 1.87. The molecule has 0 saturated heterocycles. The van der Waals surface area contributed by atoms with Gasteiger partial charge in [0.1, 0.15) is 0 Å². The third kappa shape index (κ3) is 2.17. The molecule has 0 amide bonds. The summed E-state index contributed by atoms with van der Waals surface area (Å²) in [5, 5.41) is 1.12. The SMILES string of the molecule is CCn1ccn(Cc2ccc3ccccc3n2)c1=O. The topological polar surface area (TPSA) is 39.8 Å². The number of fused-ring (bicyclic) bond motifs is 1. The molecule has 0 atom stereocenters. The van der Waals surface area contributed by atoms with Gasteiger partial charge in [0.15, 0.2) is 0 Å². The van der Waals surface area contributed by atoms with E-state index in [0.717, 1.165) is 16.6 Å². The van der Waals surface area contributed by atoms with Crippen molar-refractivity contribution in [1.82, 2.24) is 14.1 Å². The molecular formula is C15H15N3O. The lowest BCUT2D eigenvalue weighted by Gasteiger charge is -2.03. The minimum atomic E-state index is 0.0115. The first kappa shape index (κ1) is 11.7. The summed E-state index contributed by atoms with van der Waals surface area (Å²) in [7, 11) is 0. The van der Waals surface area contributed by atoms with Crippen LogP contribution in [0.1, 0.15) is 12.6 Å². The zero-order valence-electron chi connectivity index (χ0n) is 10.8. The quantitative estimate of drug-likeness (QED) is 0.718. The maximum absolute atomic E-state index is 12.0. The molecule has 0 spiro atoms. The molecule has 1 aromatic carbocycles. The summed E-state index contributed by atoms with van der Waals surface area (Å²) >= 11 is 0. The fourth-order valence-corrected chi connectivity index (χ4v) is 2.19. The molecule has 3 rings (SSSR count). The molecule has 0 unspecified atom stereocenters. The molecule has 2 aromatic heterocycles. The maximum Gasteiger partial charge on any atom is 0.328 e. The average molecular weight is 253 g/mol. The van der Waals surface area contributed by atoms with Crippen LogP contribution in [0.2, 0.25) is 0 Å². The van der Waals surface area contributed by atoms with E-state index in [1.807, 2.05) is 55.7 Å². The van der Waals surface area contributed by atoms with Crippen LogP contribution in [0, 0.1) is 0 Å². The number of benzene rings is 1. The first-order valence-electron chi connectivity index (χ1n) is 6.38. The predicted octanol–water partition coefficient (Wildman–Crippen LogP) is 2.27. The van der Waals surface area contributed by atoms with E-state index < -0.39 is 0 Å². The minimum Gasteiger partial charge on any atom is -0.300 e. The third-order valence-electron chi connectivity index (χ3n) is 3.25. The number of hydrogen-bond acceptors (Lipinski definition) is 2. The van der Waals surface area contributed by atoms with Gasteiger partial charge in [0.25, 0.3) is 0 Å². The van der Waals surface area contributed by atoms with Crippen molar-refractivity contribution in [2.24, 2.45) is 0 Å². The number of para-hydroxylation sites is 1. The van der Waals surface area contributed by atoms with E-state index in [0.29, 0.717) is 13.1 Å². The Morgan fingerprint density at radius 1 is 1.05 bits per heavy atom. The summed E-state index contributed by atoms with van der Waals surface area (Å²) in [6, 6.07) is 12.0. The van der Waals surface area contributed by atoms with Crippen LogP contribution < -0.4 is 5.69 Å². The number of hydrogen-bond donors (Lipinski definition) is 0. The van der Waals surface area contributed by atoms with E-state index in [2.05, 4.69) is 4.98 Å². The normalized spacial score (nSPS) is 11.0. The smallest absolute Gasteiger partial charge is 0.300 e. The van der Waals surface area contributed by atoms with Gasteiger partial charge in [0.2, 0.25) is 0 Å². The second kappa shape index (κ2) is 4.72. The van der Waals surface area contributed by atoms with E-state index in [-0.39, 0.29) is 5.69 Å². The average Bonchev–Trinajstić information content (AvgIpc) is 2.79. The lowest BCUT2D eigenvalue weighted by atomic mass is 10.2. The van der Waals surface area contributed by atoms with Crippen LogP contribution in [0.15, 0.2) is 53.6 Å². The number of imidazole rings is 1. The molecule has 0 aliphatic rings. The van der Waals surface area contributed by atoms with Gasteiger partial charge in [-0.05, 0) is 19.1 Å². The van der Waals surface area contributed by atoms with Gasteiger partial charge in [0, 0.05) is 24.3 Å². The fraction of sp³-hybridized carbons (Fsp3) is 0.200. The highest BCUT2D eigenvalue weighted by atomic mass is 16.1. The van der Waals surface area contributed by atoms with Crippen molar-refractivity contribution in [3.63, 3.8) is 0 Å². The molecule has 0 N–H and O–H groups in total. The second-order valence-electron chi connectivity index (χ2n) is 4.49.